The van der Waals surface area contributed by atoms with Gasteiger partial charge in [0.2, 0.25) is 11.8 Å². The average Bonchev–Trinajstić information content (AvgIpc) is 3.49. The van der Waals surface area contributed by atoms with Crippen molar-refractivity contribution in [3.63, 3.8) is 0 Å². The van der Waals surface area contributed by atoms with Crippen LogP contribution in [0, 0.1) is 56.7 Å². The van der Waals surface area contributed by atoms with Crippen molar-refractivity contribution in [3.05, 3.63) is 12.2 Å². The number of allylic oxidation sites excluding steroid dienone is 1. The molecule has 1 saturated heterocycles. The van der Waals surface area contributed by atoms with Crippen LogP contribution in [0.25, 0.3) is 0 Å². The molecule has 0 radical (unpaired) electrons. The summed E-state index contributed by atoms with van der Waals surface area (Å²) in [6.45, 7) is 20.0. The fraction of sp³-hybridized carbons (Fsp3) is 0.886. The monoisotopic (exact) mass is 725 g/mol. The lowest BCUT2D eigenvalue weighted by atomic mass is 9.32. The maximum atomic E-state index is 14.4. The highest BCUT2D eigenvalue weighted by molar-refractivity contribution is 5.84. The van der Waals surface area contributed by atoms with Gasteiger partial charge in [0.05, 0.1) is 17.6 Å². The highest BCUT2D eigenvalue weighted by atomic mass is 16.4. The van der Waals surface area contributed by atoms with Crippen molar-refractivity contribution in [1.82, 2.24) is 10.2 Å². The van der Waals surface area contributed by atoms with Crippen LogP contribution in [0.4, 0.5) is 0 Å². The average molecular weight is 725 g/mol. The smallest absolute Gasteiger partial charge is 0.326 e. The second-order valence-electron chi connectivity index (χ2n) is 20.1. The molecule has 0 bridgehead atoms. The SMILES string of the molecule is C=C(C)[C@@H]1CC[C@]2(C(=O)NCCCCCCCC(=O)N3C[C@@H](O)CC[C@@H]3C(=O)O)CC[C@]3(C)[C@H](CCC4[C@@]5(C)CC[C@H](O)C(C)(C)[C@@H]5CC[C@]43C)[C@@H]12. The van der Waals surface area contributed by atoms with Crippen LogP contribution < -0.4 is 5.32 Å². The van der Waals surface area contributed by atoms with E-state index in [-0.39, 0.29) is 51.5 Å². The standard InChI is InChI=1S/C44H72N2O6/c1-28(2)30-18-23-44(39(52)45-26-12-10-8-9-11-13-36(49)46-27-29(47)14-16-32(46)38(50)51)25-24-42(6)31(37(30)44)15-17-34-41(5)21-20-35(48)40(3,4)33(41)19-22-43(34,42)7/h29-35,37,47-48H,1,8-27H2,2-7H3,(H,45,52)(H,50,51)/t29-,30-,31+,32+,33-,34?,35-,37+,41-,42+,43+,44-/m0/s1. The molecule has 294 valence electrons. The van der Waals surface area contributed by atoms with E-state index < -0.39 is 18.1 Å². The first kappa shape index (κ1) is 39.8. The second-order valence-corrected chi connectivity index (χ2v) is 20.1. The zero-order chi connectivity index (χ0) is 37.9. The van der Waals surface area contributed by atoms with Gasteiger partial charge in [-0.05, 0) is 148 Å². The number of amides is 2. The van der Waals surface area contributed by atoms with E-state index in [1.54, 1.807) is 0 Å². The number of carboxylic acids is 1. The number of β-amino-alcohol motifs (C(OH)–C–C–N with tert-alkyl or cyclic N) is 1. The minimum absolute atomic E-state index is 0.0485. The summed E-state index contributed by atoms with van der Waals surface area (Å²) in [5.74, 6) is 1.56. The number of carbonyl (C=O) groups is 3. The van der Waals surface area contributed by atoms with Crippen LogP contribution in [-0.4, -0.2) is 69.3 Å². The predicted molar refractivity (Wildman–Crippen MR) is 204 cm³/mol. The Bertz CT molecular complexity index is 1380. The predicted octanol–water partition coefficient (Wildman–Crippen LogP) is 7.90. The number of carbonyl (C=O) groups excluding carboxylic acids is 2. The fourth-order valence-corrected chi connectivity index (χ4v) is 14.5. The Morgan fingerprint density at radius 1 is 0.769 bits per heavy atom. The third-order valence-corrected chi connectivity index (χ3v) is 17.5. The number of hydrogen-bond donors (Lipinski definition) is 4. The lowest BCUT2D eigenvalue weighted by molar-refractivity contribution is -0.246. The normalized spacial score (nSPS) is 43.7. The number of aliphatic hydroxyl groups excluding tert-OH is 2. The Morgan fingerprint density at radius 2 is 1.48 bits per heavy atom. The van der Waals surface area contributed by atoms with E-state index in [0.29, 0.717) is 61.8 Å². The van der Waals surface area contributed by atoms with Gasteiger partial charge < -0.3 is 25.5 Å². The van der Waals surface area contributed by atoms with Gasteiger partial charge in [-0.2, -0.15) is 0 Å². The largest absolute Gasteiger partial charge is 0.480 e. The molecule has 4 N–H and O–H groups in total. The van der Waals surface area contributed by atoms with Gasteiger partial charge in [-0.3, -0.25) is 9.59 Å². The number of nitrogens with one attached hydrogen (secondary N) is 1. The van der Waals surface area contributed by atoms with Crippen LogP contribution >= 0.6 is 0 Å². The maximum Gasteiger partial charge on any atom is 0.326 e. The summed E-state index contributed by atoms with van der Waals surface area (Å²) in [6.07, 6.45) is 15.6. The molecule has 1 aliphatic heterocycles. The summed E-state index contributed by atoms with van der Waals surface area (Å²) < 4.78 is 0. The minimum atomic E-state index is -0.993. The number of likely N-dealkylation sites (tertiary alicyclic amines) is 1. The van der Waals surface area contributed by atoms with Crippen molar-refractivity contribution in [2.75, 3.05) is 13.1 Å². The molecule has 12 atom stereocenters. The molecule has 1 heterocycles. The maximum absolute atomic E-state index is 14.4. The van der Waals surface area contributed by atoms with Gasteiger partial charge in [0, 0.05) is 19.5 Å². The van der Waals surface area contributed by atoms with E-state index in [0.717, 1.165) is 64.2 Å². The number of piperidine rings is 1. The third-order valence-electron chi connectivity index (χ3n) is 17.5. The molecule has 0 aromatic heterocycles. The van der Waals surface area contributed by atoms with E-state index >= 15 is 0 Å². The summed E-state index contributed by atoms with van der Waals surface area (Å²) in [6, 6.07) is -0.830. The van der Waals surface area contributed by atoms with Crippen LogP contribution in [0.15, 0.2) is 12.2 Å². The van der Waals surface area contributed by atoms with Gasteiger partial charge in [-0.1, -0.05) is 66.0 Å². The Hall–Kier alpha value is -1.93. The van der Waals surface area contributed by atoms with Crippen LogP contribution in [0.5, 0.6) is 0 Å². The molecule has 6 aliphatic rings. The number of aliphatic hydroxyl groups is 2. The van der Waals surface area contributed by atoms with Crippen LogP contribution in [0.3, 0.4) is 0 Å². The Morgan fingerprint density at radius 3 is 2.19 bits per heavy atom. The van der Waals surface area contributed by atoms with E-state index in [2.05, 4.69) is 53.4 Å². The van der Waals surface area contributed by atoms with Crippen LogP contribution in [0.1, 0.15) is 157 Å². The van der Waals surface area contributed by atoms with E-state index in [4.69, 9.17) is 0 Å². The lowest BCUT2D eigenvalue weighted by Gasteiger charge is -2.72. The zero-order valence-corrected chi connectivity index (χ0v) is 33.5. The number of carboxylic acid groups (broad SMARTS) is 1. The number of aliphatic carboxylic acids is 1. The summed E-state index contributed by atoms with van der Waals surface area (Å²) >= 11 is 0. The molecule has 8 nitrogen and oxygen atoms in total. The van der Waals surface area contributed by atoms with Gasteiger partial charge in [-0.25, -0.2) is 4.79 Å². The van der Waals surface area contributed by atoms with Crippen molar-refractivity contribution in [2.45, 2.75) is 175 Å². The van der Waals surface area contributed by atoms with Gasteiger partial charge in [0.15, 0.2) is 0 Å². The molecule has 2 amide bonds. The lowest BCUT2D eigenvalue weighted by Crippen LogP contribution is -2.67. The number of unbranched alkanes of at least 4 members (excludes halogenated alkanes) is 4. The highest BCUT2D eigenvalue weighted by Crippen LogP contribution is 2.77. The summed E-state index contributed by atoms with van der Waals surface area (Å²) in [7, 11) is 0. The van der Waals surface area contributed by atoms with E-state index in [1.165, 1.54) is 36.2 Å². The number of rotatable bonds is 11. The Balaban J connectivity index is 1.05. The van der Waals surface area contributed by atoms with Crippen molar-refractivity contribution in [3.8, 4) is 0 Å². The third kappa shape index (κ3) is 6.39. The van der Waals surface area contributed by atoms with Gasteiger partial charge >= 0.3 is 5.97 Å². The molecular formula is C44H72N2O6. The molecule has 0 spiro atoms. The molecule has 5 saturated carbocycles. The molecule has 6 rings (SSSR count). The zero-order valence-electron chi connectivity index (χ0n) is 33.5. The van der Waals surface area contributed by atoms with Gasteiger partial charge in [0.25, 0.3) is 0 Å². The molecule has 6 fully saturated rings. The van der Waals surface area contributed by atoms with Crippen LogP contribution in [-0.2, 0) is 14.4 Å². The highest BCUT2D eigenvalue weighted by Gasteiger charge is 2.71. The fourth-order valence-electron chi connectivity index (χ4n) is 14.5. The van der Waals surface area contributed by atoms with Gasteiger partial charge in [0.1, 0.15) is 6.04 Å². The van der Waals surface area contributed by atoms with E-state index in [9.17, 15) is 29.7 Å². The minimum Gasteiger partial charge on any atom is -0.480 e. The molecule has 52 heavy (non-hydrogen) atoms. The first-order valence-electron chi connectivity index (χ1n) is 21.3. The van der Waals surface area contributed by atoms with Crippen molar-refractivity contribution >= 4 is 17.8 Å². The first-order chi connectivity index (χ1) is 24.4. The summed E-state index contributed by atoms with van der Waals surface area (Å²) in [4.78, 5) is 40.2. The summed E-state index contributed by atoms with van der Waals surface area (Å²) in [5, 5.41) is 34.0. The Labute approximate surface area is 314 Å². The number of fused-ring (bicyclic) bond motifs is 7. The summed E-state index contributed by atoms with van der Waals surface area (Å²) in [5.41, 5.74) is 1.54. The Kier molecular flexibility index (Phi) is 11.2. The molecule has 1 unspecified atom stereocenters. The van der Waals surface area contributed by atoms with Crippen molar-refractivity contribution < 1.29 is 29.7 Å². The van der Waals surface area contributed by atoms with Gasteiger partial charge in [-0.15, -0.1) is 0 Å². The number of nitrogens with zero attached hydrogens (tertiary/aromatic N) is 1. The second kappa shape index (κ2) is 14.6. The first-order valence-corrected chi connectivity index (χ1v) is 21.3. The quantitative estimate of drug-likeness (QED) is 0.127. The number of hydrogen-bond acceptors (Lipinski definition) is 5. The molecule has 5 aliphatic carbocycles. The molecule has 0 aromatic carbocycles. The van der Waals surface area contributed by atoms with E-state index in [1.807, 2.05) is 0 Å². The molecular weight excluding hydrogens is 652 g/mol. The van der Waals surface area contributed by atoms with Crippen molar-refractivity contribution in [2.24, 2.45) is 56.7 Å². The molecule has 0 aromatic rings. The van der Waals surface area contributed by atoms with Crippen molar-refractivity contribution in [1.29, 1.82) is 0 Å². The van der Waals surface area contributed by atoms with Crippen LogP contribution in [0.2, 0.25) is 0 Å². The molecule has 8 heteroatoms. The topological polar surface area (TPSA) is 127 Å².